The largest absolute Gasteiger partial charge is 0.350 e. The molecule has 26 heavy (non-hydrogen) atoms. The average Bonchev–Trinajstić information content (AvgIpc) is 3.04. The number of rotatable bonds is 3. The lowest BCUT2D eigenvalue weighted by atomic mass is 9.96. The molecule has 1 saturated heterocycles. The molecule has 1 aromatic carbocycles. The molecule has 5 nitrogen and oxygen atoms in total. The molecule has 0 saturated carbocycles. The summed E-state index contributed by atoms with van der Waals surface area (Å²) in [7, 11) is 1.80. The number of piperidine rings is 1. The molecule has 1 N–H and O–H groups in total. The minimum absolute atomic E-state index is 0.0733. The second-order valence-electron chi connectivity index (χ2n) is 7.17. The fourth-order valence-electron chi connectivity index (χ4n) is 3.35. The molecule has 3 rings (SSSR count). The molecule has 2 aromatic rings. The number of carbonyl (C=O) groups is 2. The van der Waals surface area contributed by atoms with Crippen LogP contribution in [0.1, 0.15) is 37.2 Å². The molecule has 7 heteroatoms. The van der Waals surface area contributed by atoms with Gasteiger partial charge in [-0.3, -0.25) is 9.59 Å². The van der Waals surface area contributed by atoms with E-state index in [1.165, 1.54) is 6.07 Å². The van der Waals surface area contributed by atoms with E-state index < -0.39 is 0 Å². The number of amides is 2. The Bertz CT molecular complexity index is 849. The van der Waals surface area contributed by atoms with Gasteiger partial charge in [0.15, 0.2) is 0 Å². The van der Waals surface area contributed by atoms with Gasteiger partial charge in [-0.05, 0) is 44.9 Å². The van der Waals surface area contributed by atoms with Crippen LogP contribution in [0.15, 0.2) is 22.7 Å². The van der Waals surface area contributed by atoms with Crippen LogP contribution in [-0.2, 0) is 4.79 Å². The summed E-state index contributed by atoms with van der Waals surface area (Å²) < 4.78 is 14.7. The minimum Gasteiger partial charge on any atom is -0.350 e. The van der Waals surface area contributed by atoms with E-state index in [1.54, 1.807) is 29.0 Å². The topological polar surface area (TPSA) is 56.4 Å². The number of aromatic nitrogens is 1. The van der Waals surface area contributed by atoms with Gasteiger partial charge in [0.1, 0.15) is 11.5 Å². The number of carbonyl (C=O) groups excluding carboxylic acids is 2. The third kappa shape index (κ3) is 3.63. The molecule has 2 heterocycles. The predicted molar refractivity (Wildman–Crippen MR) is 102 cm³/mol. The van der Waals surface area contributed by atoms with Crippen LogP contribution >= 0.6 is 15.9 Å². The fourth-order valence-corrected chi connectivity index (χ4v) is 3.78. The highest BCUT2D eigenvalue weighted by Gasteiger charge is 2.31. The van der Waals surface area contributed by atoms with Crippen molar-refractivity contribution in [2.75, 3.05) is 20.1 Å². The molecule has 0 spiro atoms. The number of H-pyrrole nitrogens is 1. The molecule has 1 aliphatic rings. The number of fused-ring (bicyclic) bond motifs is 1. The first kappa shape index (κ1) is 18.9. The molecule has 1 aromatic heterocycles. The zero-order chi connectivity index (χ0) is 19.0. The number of benzene rings is 1. The van der Waals surface area contributed by atoms with Crippen molar-refractivity contribution in [1.29, 1.82) is 0 Å². The van der Waals surface area contributed by atoms with E-state index in [4.69, 9.17) is 0 Å². The van der Waals surface area contributed by atoms with Crippen LogP contribution in [0, 0.1) is 11.7 Å². The van der Waals surface area contributed by atoms with E-state index in [0.29, 0.717) is 34.2 Å². The number of nitrogens with one attached hydrogen (secondary N) is 1. The summed E-state index contributed by atoms with van der Waals surface area (Å²) in [6, 6.07) is 4.80. The summed E-state index contributed by atoms with van der Waals surface area (Å²) in [6.45, 7) is 4.95. The molecule has 1 unspecified atom stereocenters. The Labute approximate surface area is 160 Å². The third-order valence-electron chi connectivity index (χ3n) is 5.06. The number of hydrogen-bond acceptors (Lipinski definition) is 2. The highest BCUT2D eigenvalue weighted by atomic mass is 79.9. The van der Waals surface area contributed by atoms with Gasteiger partial charge in [0.05, 0.1) is 11.4 Å². The average molecular weight is 424 g/mol. The summed E-state index contributed by atoms with van der Waals surface area (Å²) >= 11 is 3.26. The number of hydrogen-bond donors (Lipinski definition) is 1. The van der Waals surface area contributed by atoms with E-state index in [9.17, 15) is 14.0 Å². The van der Waals surface area contributed by atoms with Crippen LogP contribution in [0.4, 0.5) is 4.39 Å². The van der Waals surface area contributed by atoms with Crippen molar-refractivity contribution >= 4 is 38.6 Å². The maximum atomic E-state index is 14.1. The number of aromatic amines is 1. The second-order valence-corrected chi connectivity index (χ2v) is 8.08. The Morgan fingerprint density at radius 1 is 1.35 bits per heavy atom. The van der Waals surface area contributed by atoms with Crippen molar-refractivity contribution in [2.24, 2.45) is 5.92 Å². The van der Waals surface area contributed by atoms with Crippen LogP contribution in [0.3, 0.4) is 0 Å². The molecule has 1 fully saturated rings. The molecule has 1 atom stereocenters. The Hall–Kier alpha value is -1.89. The highest BCUT2D eigenvalue weighted by molar-refractivity contribution is 9.10. The number of halogens is 2. The summed E-state index contributed by atoms with van der Waals surface area (Å²) in [6.07, 6.45) is 1.57. The Morgan fingerprint density at radius 3 is 2.77 bits per heavy atom. The summed E-state index contributed by atoms with van der Waals surface area (Å²) in [5.74, 6) is -0.684. The smallest absolute Gasteiger partial charge is 0.270 e. The maximum Gasteiger partial charge on any atom is 0.270 e. The molecular weight excluding hydrogens is 401 g/mol. The van der Waals surface area contributed by atoms with Gasteiger partial charge in [0, 0.05) is 36.0 Å². The quantitative estimate of drug-likeness (QED) is 0.816. The van der Waals surface area contributed by atoms with Crippen molar-refractivity contribution in [3.05, 3.63) is 34.2 Å². The standard InChI is InChI=1S/C19H23BrFN3O2/c1-11(2)23(3)18(25)12-5-4-6-24(10-12)19(26)17-9-14-15(21)7-13(20)8-16(14)22-17/h7-9,11-12,22H,4-6,10H2,1-3H3. The molecule has 0 aliphatic carbocycles. The van der Waals surface area contributed by atoms with Crippen molar-refractivity contribution in [3.8, 4) is 0 Å². The first-order chi connectivity index (χ1) is 12.3. The SMILES string of the molecule is CC(C)N(C)C(=O)C1CCCN(C(=O)c2cc3c(F)cc(Br)cc3[nH]2)C1. The summed E-state index contributed by atoms with van der Waals surface area (Å²) in [5, 5.41) is 0.390. The van der Waals surface area contributed by atoms with Crippen molar-refractivity contribution in [1.82, 2.24) is 14.8 Å². The van der Waals surface area contributed by atoms with Crippen LogP contribution in [0.2, 0.25) is 0 Å². The normalized spacial score (nSPS) is 17.8. The molecular formula is C19H23BrFN3O2. The van der Waals surface area contributed by atoms with Crippen LogP contribution in [0.25, 0.3) is 10.9 Å². The summed E-state index contributed by atoms with van der Waals surface area (Å²) in [4.78, 5) is 31.9. The van der Waals surface area contributed by atoms with Crippen LogP contribution < -0.4 is 0 Å². The van der Waals surface area contributed by atoms with E-state index in [2.05, 4.69) is 20.9 Å². The minimum atomic E-state index is -0.380. The first-order valence-corrected chi connectivity index (χ1v) is 9.61. The zero-order valence-electron chi connectivity index (χ0n) is 15.2. The molecule has 1 aliphatic heterocycles. The lowest BCUT2D eigenvalue weighted by Crippen LogP contribution is -2.47. The zero-order valence-corrected chi connectivity index (χ0v) is 16.8. The second kappa shape index (κ2) is 7.39. The van der Waals surface area contributed by atoms with Gasteiger partial charge in [-0.1, -0.05) is 15.9 Å². The molecule has 2 amide bonds. The predicted octanol–water partition coefficient (Wildman–Crippen LogP) is 3.79. The van der Waals surface area contributed by atoms with Gasteiger partial charge >= 0.3 is 0 Å². The van der Waals surface area contributed by atoms with Crippen molar-refractivity contribution in [2.45, 2.75) is 32.7 Å². The summed E-state index contributed by atoms with van der Waals surface area (Å²) in [5.41, 5.74) is 0.923. The van der Waals surface area contributed by atoms with Gasteiger partial charge in [0.25, 0.3) is 5.91 Å². The van der Waals surface area contributed by atoms with Gasteiger partial charge in [-0.25, -0.2) is 4.39 Å². The van der Waals surface area contributed by atoms with E-state index >= 15 is 0 Å². The number of nitrogens with zero attached hydrogens (tertiary/aromatic N) is 2. The van der Waals surface area contributed by atoms with Gasteiger partial charge in [0.2, 0.25) is 5.91 Å². The Kier molecular flexibility index (Phi) is 5.37. The van der Waals surface area contributed by atoms with Gasteiger partial charge in [-0.15, -0.1) is 0 Å². The maximum absolute atomic E-state index is 14.1. The Balaban J connectivity index is 1.79. The van der Waals surface area contributed by atoms with Gasteiger partial charge in [-0.2, -0.15) is 0 Å². The molecule has 0 bridgehead atoms. The van der Waals surface area contributed by atoms with E-state index in [1.807, 2.05) is 13.8 Å². The monoisotopic (exact) mass is 423 g/mol. The van der Waals surface area contributed by atoms with Gasteiger partial charge < -0.3 is 14.8 Å². The third-order valence-corrected chi connectivity index (χ3v) is 5.52. The van der Waals surface area contributed by atoms with Crippen molar-refractivity contribution in [3.63, 3.8) is 0 Å². The Morgan fingerprint density at radius 2 is 2.08 bits per heavy atom. The number of likely N-dealkylation sites (tertiary alicyclic amines) is 1. The first-order valence-electron chi connectivity index (χ1n) is 8.81. The highest BCUT2D eigenvalue weighted by Crippen LogP contribution is 2.26. The van der Waals surface area contributed by atoms with Crippen LogP contribution in [-0.4, -0.2) is 52.8 Å². The molecule has 140 valence electrons. The lowest BCUT2D eigenvalue weighted by molar-refractivity contribution is -0.137. The lowest BCUT2D eigenvalue weighted by Gasteiger charge is -2.34. The van der Waals surface area contributed by atoms with E-state index in [0.717, 1.165) is 12.8 Å². The van der Waals surface area contributed by atoms with Crippen LogP contribution in [0.5, 0.6) is 0 Å². The van der Waals surface area contributed by atoms with Crippen molar-refractivity contribution < 1.29 is 14.0 Å². The fraction of sp³-hybridized carbons (Fsp3) is 0.474. The molecule has 0 radical (unpaired) electrons. The van der Waals surface area contributed by atoms with E-state index in [-0.39, 0.29) is 29.6 Å².